The van der Waals surface area contributed by atoms with Gasteiger partial charge in [-0.2, -0.15) is 5.10 Å². The third kappa shape index (κ3) is 2.07. The van der Waals surface area contributed by atoms with Gasteiger partial charge in [-0.1, -0.05) is 0 Å². The van der Waals surface area contributed by atoms with Crippen molar-refractivity contribution in [2.24, 2.45) is 0 Å². The summed E-state index contributed by atoms with van der Waals surface area (Å²) in [4.78, 5) is 13.3. The van der Waals surface area contributed by atoms with Crippen LogP contribution in [0, 0.1) is 0 Å². The SMILES string of the molecule is CN(Cc1cn[nH]c1)C(=O)c1ccco1. The number of rotatable bonds is 3. The molecule has 0 aliphatic rings. The molecular weight excluding hydrogens is 194 g/mol. The number of hydrogen-bond donors (Lipinski definition) is 1. The second-order valence-electron chi connectivity index (χ2n) is 3.25. The molecular formula is C10H11N3O2. The summed E-state index contributed by atoms with van der Waals surface area (Å²) in [5, 5.41) is 6.51. The summed E-state index contributed by atoms with van der Waals surface area (Å²) in [6, 6.07) is 3.34. The molecule has 0 aliphatic carbocycles. The Kier molecular flexibility index (Phi) is 2.53. The lowest BCUT2D eigenvalue weighted by Gasteiger charge is -2.13. The van der Waals surface area contributed by atoms with Crippen LogP contribution in [0.3, 0.4) is 0 Å². The smallest absolute Gasteiger partial charge is 0.289 e. The minimum Gasteiger partial charge on any atom is -0.459 e. The summed E-state index contributed by atoms with van der Waals surface area (Å²) in [7, 11) is 1.72. The van der Waals surface area contributed by atoms with Gasteiger partial charge in [0.25, 0.3) is 5.91 Å². The molecule has 15 heavy (non-hydrogen) atoms. The molecule has 0 saturated carbocycles. The summed E-state index contributed by atoms with van der Waals surface area (Å²) < 4.78 is 5.02. The van der Waals surface area contributed by atoms with E-state index in [1.165, 1.54) is 6.26 Å². The van der Waals surface area contributed by atoms with Crippen LogP contribution in [0.1, 0.15) is 16.1 Å². The average Bonchev–Trinajstić information content (AvgIpc) is 2.88. The number of hydrogen-bond acceptors (Lipinski definition) is 3. The summed E-state index contributed by atoms with van der Waals surface area (Å²) >= 11 is 0. The van der Waals surface area contributed by atoms with E-state index in [9.17, 15) is 4.79 Å². The molecule has 0 bridgehead atoms. The van der Waals surface area contributed by atoms with Gasteiger partial charge < -0.3 is 9.32 Å². The Morgan fingerprint density at radius 3 is 3.13 bits per heavy atom. The topological polar surface area (TPSA) is 62.1 Å². The maximum absolute atomic E-state index is 11.7. The predicted molar refractivity (Wildman–Crippen MR) is 53.1 cm³/mol. The van der Waals surface area contributed by atoms with Gasteiger partial charge in [0.2, 0.25) is 0 Å². The van der Waals surface area contributed by atoms with Crippen molar-refractivity contribution in [2.75, 3.05) is 7.05 Å². The van der Waals surface area contributed by atoms with E-state index in [1.54, 1.807) is 36.5 Å². The number of aromatic nitrogens is 2. The monoisotopic (exact) mass is 205 g/mol. The van der Waals surface area contributed by atoms with Crippen LogP contribution in [0.2, 0.25) is 0 Å². The molecule has 0 spiro atoms. The maximum Gasteiger partial charge on any atom is 0.289 e. The summed E-state index contributed by atoms with van der Waals surface area (Å²) in [5.74, 6) is 0.210. The van der Waals surface area contributed by atoms with Crippen molar-refractivity contribution in [3.05, 3.63) is 42.1 Å². The highest BCUT2D eigenvalue weighted by atomic mass is 16.3. The minimum atomic E-state index is -0.138. The van der Waals surface area contributed by atoms with E-state index >= 15 is 0 Å². The number of carbonyl (C=O) groups is 1. The zero-order valence-corrected chi connectivity index (χ0v) is 8.30. The Bertz CT molecular complexity index is 419. The quantitative estimate of drug-likeness (QED) is 0.820. The van der Waals surface area contributed by atoms with Gasteiger partial charge >= 0.3 is 0 Å². The molecule has 1 amide bonds. The highest BCUT2D eigenvalue weighted by Gasteiger charge is 2.14. The first-order chi connectivity index (χ1) is 7.27. The standard InChI is InChI=1S/C10H11N3O2/c1-13(7-8-5-11-12-6-8)10(14)9-3-2-4-15-9/h2-6H,7H2,1H3,(H,11,12). The number of nitrogens with zero attached hydrogens (tertiary/aromatic N) is 2. The minimum absolute atomic E-state index is 0.138. The molecule has 0 fully saturated rings. The molecule has 0 aromatic carbocycles. The molecule has 1 N–H and O–H groups in total. The van der Waals surface area contributed by atoms with Crippen LogP contribution in [0.15, 0.2) is 35.2 Å². The molecule has 2 aromatic heterocycles. The number of amides is 1. The zero-order chi connectivity index (χ0) is 10.7. The molecule has 2 heterocycles. The van der Waals surface area contributed by atoms with Gasteiger partial charge in [-0.25, -0.2) is 0 Å². The Morgan fingerprint density at radius 2 is 2.53 bits per heavy atom. The van der Waals surface area contributed by atoms with Crippen LogP contribution < -0.4 is 0 Å². The summed E-state index contributed by atoms with van der Waals surface area (Å²) in [6.07, 6.45) is 4.93. The first kappa shape index (κ1) is 9.51. The number of aromatic amines is 1. The number of H-pyrrole nitrogens is 1. The molecule has 5 nitrogen and oxygen atoms in total. The normalized spacial score (nSPS) is 10.2. The van der Waals surface area contributed by atoms with Gasteiger partial charge in [0.05, 0.1) is 12.5 Å². The average molecular weight is 205 g/mol. The first-order valence-electron chi connectivity index (χ1n) is 4.54. The van der Waals surface area contributed by atoms with Crippen LogP contribution >= 0.6 is 0 Å². The molecule has 0 saturated heterocycles. The number of furan rings is 1. The lowest BCUT2D eigenvalue weighted by molar-refractivity contribution is 0.0753. The summed E-state index contributed by atoms with van der Waals surface area (Å²) in [5.41, 5.74) is 0.956. The molecule has 0 aliphatic heterocycles. The second-order valence-corrected chi connectivity index (χ2v) is 3.25. The lowest BCUT2D eigenvalue weighted by atomic mass is 10.3. The van der Waals surface area contributed by atoms with E-state index < -0.39 is 0 Å². The second kappa shape index (κ2) is 4.00. The maximum atomic E-state index is 11.7. The van der Waals surface area contributed by atoms with E-state index in [0.717, 1.165) is 5.56 Å². The van der Waals surface area contributed by atoms with Crippen molar-refractivity contribution in [3.63, 3.8) is 0 Å². The molecule has 2 rings (SSSR count). The molecule has 5 heteroatoms. The van der Waals surface area contributed by atoms with E-state index in [-0.39, 0.29) is 5.91 Å². The highest BCUT2D eigenvalue weighted by molar-refractivity contribution is 5.91. The Labute approximate surface area is 86.7 Å². The van der Waals surface area contributed by atoms with Crippen LogP contribution in [-0.2, 0) is 6.54 Å². The van der Waals surface area contributed by atoms with Crippen molar-refractivity contribution in [3.8, 4) is 0 Å². The Morgan fingerprint density at radius 1 is 1.67 bits per heavy atom. The van der Waals surface area contributed by atoms with E-state index in [0.29, 0.717) is 12.3 Å². The van der Waals surface area contributed by atoms with Crippen molar-refractivity contribution < 1.29 is 9.21 Å². The fraction of sp³-hybridized carbons (Fsp3) is 0.200. The Balaban J connectivity index is 2.03. The Hall–Kier alpha value is -2.04. The van der Waals surface area contributed by atoms with Gasteiger partial charge in [-0.3, -0.25) is 9.89 Å². The van der Waals surface area contributed by atoms with Gasteiger partial charge in [0, 0.05) is 25.4 Å². The van der Waals surface area contributed by atoms with Crippen molar-refractivity contribution in [1.82, 2.24) is 15.1 Å². The number of nitrogens with one attached hydrogen (secondary N) is 1. The predicted octanol–water partition coefficient (Wildman–Crippen LogP) is 1.27. The summed E-state index contributed by atoms with van der Waals surface area (Å²) in [6.45, 7) is 0.510. The van der Waals surface area contributed by atoms with Crippen LogP contribution in [-0.4, -0.2) is 28.1 Å². The van der Waals surface area contributed by atoms with Crippen molar-refractivity contribution in [1.29, 1.82) is 0 Å². The largest absolute Gasteiger partial charge is 0.459 e. The lowest BCUT2D eigenvalue weighted by Crippen LogP contribution is -2.25. The van der Waals surface area contributed by atoms with Gasteiger partial charge in [-0.15, -0.1) is 0 Å². The van der Waals surface area contributed by atoms with Crippen LogP contribution in [0.25, 0.3) is 0 Å². The number of carbonyl (C=O) groups excluding carboxylic acids is 1. The van der Waals surface area contributed by atoms with Crippen molar-refractivity contribution >= 4 is 5.91 Å². The van der Waals surface area contributed by atoms with Crippen LogP contribution in [0.4, 0.5) is 0 Å². The van der Waals surface area contributed by atoms with Crippen molar-refractivity contribution in [2.45, 2.75) is 6.54 Å². The van der Waals surface area contributed by atoms with Gasteiger partial charge in [0.1, 0.15) is 0 Å². The fourth-order valence-corrected chi connectivity index (χ4v) is 1.30. The first-order valence-corrected chi connectivity index (χ1v) is 4.54. The van der Waals surface area contributed by atoms with Gasteiger partial charge in [-0.05, 0) is 12.1 Å². The third-order valence-corrected chi connectivity index (χ3v) is 2.05. The van der Waals surface area contributed by atoms with Gasteiger partial charge in [0.15, 0.2) is 5.76 Å². The zero-order valence-electron chi connectivity index (χ0n) is 8.30. The molecule has 78 valence electrons. The highest BCUT2D eigenvalue weighted by Crippen LogP contribution is 2.07. The molecule has 0 unspecified atom stereocenters. The molecule has 2 aromatic rings. The molecule has 0 atom stereocenters. The van der Waals surface area contributed by atoms with E-state index in [4.69, 9.17) is 4.42 Å². The third-order valence-electron chi connectivity index (χ3n) is 2.05. The van der Waals surface area contributed by atoms with E-state index in [1.807, 2.05) is 0 Å². The molecule has 0 radical (unpaired) electrons. The van der Waals surface area contributed by atoms with Crippen LogP contribution in [0.5, 0.6) is 0 Å². The fourth-order valence-electron chi connectivity index (χ4n) is 1.30. The van der Waals surface area contributed by atoms with E-state index in [2.05, 4.69) is 10.2 Å².